The molecular formula is C43H78N2O5. The lowest BCUT2D eigenvalue weighted by Gasteiger charge is -2.18. The topological polar surface area (TPSA) is 119 Å². The van der Waals surface area contributed by atoms with Crippen molar-refractivity contribution < 1.29 is 24.2 Å². The lowest BCUT2D eigenvalue weighted by atomic mass is 10.0. The van der Waals surface area contributed by atoms with E-state index in [1.807, 2.05) is 0 Å². The highest BCUT2D eigenvalue weighted by Gasteiger charge is 2.19. The number of nitrogens with one attached hydrogen (secondary N) is 1. The smallest absolute Gasteiger partial charge is 0.326 e. The Morgan fingerprint density at radius 2 is 1.08 bits per heavy atom. The van der Waals surface area contributed by atoms with Gasteiger partial charge >= 0.3 is 11.9 Å². The molecule has 0 heterocycles. The Hall–Kier alpha value is -2.41. The van der Waals surface area contributed by atoms with Crippen molar-refractivity contribution in [2.75, 3.05) is 6.54 Å². The zero-order valence-corrected chi connectivity index (χ0v) is 32.5. The Kier molecular flexibility index (Phi) is 36.0. The number of carboxylic acids is 1. The number of carboxylic acid groups (broad SMARTS) is 1. The fraction of sp³-hybridized carbons (Fsp3) is 0.791. The Balaban J connectivity index is 4.42. The molecular weight excluding hydrogens is 624 g/mol. The number of aliphatic carboxylic acids is 1. The average molecular weight is 703 g/mol. The molecule has 0 radical (unpaired) electrons. The second kappa shape index (κ2) is 37.8. The van der Waals surface area contributed by atoms with Crippen molar-refractivity contribution in [3.8, 4) is 0 Å². The van der Waals surface area contributed by atoms with Gasteiger partial charge in [0.25, 0.3) is 0 Å². The molecule has 0 bridgehead atoms. The van der Waals surface area contributed by atoms with Gasteiger partial charge in [-0.15, -0.1) is 0 Å². The molecule has 0 spiro atoms. The van der Waals surface area contributed by atoms with Crippen molar-refractivity contribution in [3.05, 3.63) is 36.5 Å². The number of allylic oxidation sites excluding steroid dienone is 6. The molecule has 0 aliphatic carbocycles. The molecule has 7 heteroatoms. The van der Waals surface area contributed by atoms with Crippen molar-refractivity contribution >= 4 is 17.8 Å². The van der Waals surface area contributed by atoms with Gasteiger partial charge in [-0.1, -0.05) is 127 Å². The van der Waals surface area contributed by atoms with Crippen molar-refractivity contribution in [3.63, 3.8) is 0 Å². The lowest BCUT2D eigenvalue weighted by Crippen LogP contribution is -2.40. The third-order valence-electron chi connectivity index (χ3n) is 9.18. The Morgan fingerprint density at radius 1 is 0.580 bits per heavy atom. The van der Waals surface area contributed by atoms with Crippen LogP contribution in [0.1, 0.15) is 200 Å². The van der Waals surface area contributed by atoms with Crippen molar-refractivity contribution in [1.82, 2.24) is 5.32 Å². The third-order valence-corrected chi connectivity index (χ3v) is 9.18. The number of rotatable bonds is 37. The molecule has 0 aliphatic rings. The van der Waals surface area contributed by atoms with Crippen LogP contribution in [0.4, 0.5) is 0 Å². The minimum absolute atomic E-state index is 0.0322. The first-order valence-electron chi connectivity index (χ1n) is 20.8. The van der Waals surface area contributed by atoms with E-state index in [2.05, 4.69) is 55.6 Å². The van der Waals surface area contributed by atoms with Gasteiger partial charge in [0.05, 0.1) is 0 Å². The van der Waals surface area contributed by atoms with E-state index in [0.29, 0.717) is 32.2 Å². The van der Waals surface area contributed by atoms with Crippen LogP contribution in [0.5, 0.6) is 0 Å². The van der Waals surface area contributed by atoms with Crippen molar-refractivity contribution in [2.45, 2.75) is 212 Å². The first-order valence-corrected chi connectivity index (χ1v) is 20.8. The molecule has 0 rings (SSSR count). The second-order valence-electron chi connectivity index (χ2n) is 14.0. The maximum atomic E-state index is 12.7. The molecule has 50 heavy (non-hydrogen) atoms. The van der Waals surface area contributed by atoms with Crippen molar-refractivity contribution in [2.24, 2.45) is 5.73 Å². The highest BCUT2D eigenvalue weighted by molar-refractivity contribution is 5.83. The summed E-state index contributed by atoms with van der Waals surface area (Å²) in [6.45, 7) is 4.89. The maximum absolute atomic E-state index is 12.7. The summed E-state index contributed by atoms with van der Waals surface area (Å²) in [4.78, 5) is 36.3. The number of carbonyl (C=O) groups is 3. The Morgan fingerprint density at radius 3 is 1.70 bits per heavy atom. The number of hydrogen-bond acceptors (Lipinski definition) is 5. The molecule has 0 fully saturated rings. The number of ether oxygens (including phenoxy) is 1. The van der Waals surface area contributed by atoms with Gasteiger partial charge in [0.1, 0.15) is 12.1 Å². The van der Waals surface area contributed by atoms with Crippen LogP contribution >= 0.6 is 0 Å². The molecule has 0 aromatic heterocycles. The van der Waals surface area contributed by atoms with Gasteiger partial charge in [-0.3, -0.25) is 9.59 Å². The molecule has 0 saturated heterocycles. The standard InChI is InChI=1S/C43H78N2O5/c1-3-5-7-9-11-13-15-16-18-19-21-24-28-33-39(50-42(47)37-31-27-22-20-17-14-12-10-8-6-4-2)34-29-25-23-26-30-36-41(46)45-40(43(48)49)35-32-38-44/h10,12,15-16,19,21,39-40H,3-9,11,13-14,17-18,20,22-38,44H2,1-2H3,(H,45,46)(H,48,49)/b12-10-,16-15-,21-19-. The molecule has 2 atom stereocenters. The summed E-state index contributed by atoms with van der Waals surface area (Å²) in [5.74, 6) is -1.27. The molecule has 4 N–H and O–H groups in total. The first kappa shape index (κ1) is 47.6. The number of nitrogens with two attached hydrogens (primary N) is 1. The summed E-state index contributed by atoms with van der Waals surface area (Å²) in [5, 5.41) is 11.9. The fourth-order valence-electron chi connectivity index (χ4n) is 6.00. The molecule has 0 aromatic carbocycles. The molecule has 7 nitrogen and oxygen atoms in total. The van der Waals surface area contributed by atoms with Crippen LogP contribution < -0.4 is 11.1 Å². The van der Waals surface area contributed by atoms with Gasteiger partial charge < -0.3 is 20.9 Å². The summed E-state index contributed by atoms with van der Waals surface area (Å²) >= 11 is 0. The van der Waals surface area contributed by atoms with E-state index in [4.69, 9.17) is 10.5 Å². The number of carbonyl (C=O) groups excluding carboxylic acids is 2. The summed E-state index contributed by atoms with van der Waals surface area (Å²) in [5.41, 5.74) is 5.48. The number of esters is 1. The van der Waals surface area contributed by atoms with Crippen LogP contribution in [0.2, 0.25) is 0 Å². The number of unbranched alkanes of at least 4 members (excludes halogenated alkanes) is 17. The predicted molar refractivity (Wildman–Crippen MR) is 211 cm³/mol. The van der Waals surface area contributed by atoms with E-state index in [1.165, 1.54) is 77.0 Å². The van der Waals surface area contributed by atoms with Crippen LogP contribution in [0.15, 0.2) is 36.5 Å². The van der Waals surface area contributed by atoms with E-state index < -0.39 is 12.0 Å². The Labute approximate surface area is 307 Å². The predicted octanol–water partition coefficient (Wildman–Crippen LogP) is 11.4. The normalized spacial score (nSPS) is 13.0. The monoisotopic (exact) mass is 703 g/mol. The van der Waals surface area contributed by atoms with Crippen LogP contribution in [0.25, 0.3) is 0 Å². The van der Waals surface area contributed by atoms with E-state index >= 15 is 0 Å². The minimum atomic E-state index is -1.01. The summed E-state index contributed by atoms with van der Waals surface area (Å²) < 4.78 is 6.00. The van der Waals surface area contributed by atoms with E-state index in [-0.39, 0.29) is 18.0 Å². The molecule has 0 aliphatic heterocycles. The van der Waals surface area contributed by atoms with Crippen LogP contribution in [0.3, 0.4) is 0 Å². The summed E-state index contributed by atoms with van der Waals surface area (Å²) in [6.07, 6.45) is 43.2. The van der Waals surface area contributed by atoms with Crippen LogP contribution in [-0.4, -0.2) is 41.6 Å². The zero-order valence-electron chi connectivity index (χ0n) is 32.5. The van der Waals surface area contributed by atoms with Gasteiger partial charge in [-0.05, 0) is 103 Å². The quantitative estimate of drug-likeness (QED) is 0.0337. The van der Waals surface area contributed by atoms with E-state index in [1.54, 1.807) is 0 Å². The van der Waals surface area contributed by atoms with Gasteiger partial charge in [0.2, 0.25) is 5.91 Å². The van der Waals surface area contributed by atoms with E-state index in [0.717, 1.165) is 83.5 Å². The Bertz CT molecular complexity index is 885. The third kappa shape index (κ3) is 34.1. The molecule has 0 aromatic rings. The van der Waals surface area contributed by atoms with Gasteiger partial charge in [0, 0.05) is 12.8 Å². The van der Waals surface area contributed by atoms with Gasteiger partial charge in [-0.25, -0.2) is 4.79 Å². The van der Waals surface area contributed by atoms with Crippen LogP contribution in [0, 0.1) is 0 Å². The highest BCUT2D eigenvalue weighted by Crippen LogP contribution is 2.18. The molecule has 0 saturated carbocycles. The van der Waals surface area contributed by atoms with E-state index in [9.17, 15) is 19.5 Å². The van der Waals surface area contributed by atoms with Crippen LogP contribution in [-0.2, 0) is 19.1 Å². The SMILES string of the molecule is CCCC/C=C\CCCCCCCC(=O)OC(CCC/C=C\C/C=C\CCCCCCC)CCCCCCCC(=O)NC(CCCN)C(=O)O. The summed E-state index contributed by atoms with van der Waals surface area (Å²) in [6, 6.07) is -0.861. The molecule has 2 unspecified atom stereocenters. The maximum Gasteiger partial charge on any atom is 0.326 e. The highest BCUT2D eigenvalue weighted by atomic mass is 16.5. The van der Waals surface area contributed by atoms with Gasteiger partial charge in [0.15, 0.2) is 0 Å². The van der Waals surface area contributed by atoms with Gasteiger partial charge in [-0.2, -0.15) is 0 Å². The molecule has 290 valence electrons. The second-order valence-corrected chi connectivity index (χ2v) is 14.0. The average Bonchev–Trinajstić information content (AvgIpc) is 3.10. The van der Waals surface area contributed by atoms with Crippen molar-refractivity contribution in [1.29, 1.82) is 0 Å². The first-order chi connectivity index (χ1) is 24.4. The number of hydrogen-bond donors (Lipinski definition) is 3. The summed E-state index contributed by atoms with van der Waals surface area (Å²) in [7, 11) is 0. The fourth-order valence-corrected chi connectivity index (χ4v) is 6.00. The number of amides is 1. The zero-order chi connectivity index (χ0) is 36.8. The molecule has 1 amide bonds. The largest absolute Gasteiger partial charge is 0.480 e. The lowest BCUT2D eigenvalue weighted by molar-refractivity contribution is -0.150. The minimum Gasteiger partial charge on any atom is -0.480 e.